The average Bonchev–Trinajstić information content (AvgIpc) is 2.97. The van der Waals surface area contributed by atoms with Crippen molar-refractivity contribution in [2.45, 2.75) is 27.2 Å². The molecule has 1 heterocycles. The molecule has 4 nitrogen and oxygen atoms in total. The van der Waals surface area contributed by atoms with Crippen molar-refractivity contribution in [3.8, 4) is 0 Å². The largest absolute Gasteiger partial charge is 0.462 e. The summed E-state index contributed by atoms with van der Waals surface area (Å²) in [4.78, 5) is 25.2. The number of hydrogen-bond acceptors (Lipinski definition) is 4. The first-order valence-corrected chi connectivity index (χ1v) is 8.70. The fourth-order valence-corrected chi connectivity index (χ4v) is 3.06. The van der Waals surface area contributed by atoms with E-state index >= 15 is 0 Å². The molecule has 0 unspecified atom stereocenters. The van der Waals surface area contributed by atoms with E-state index in [1.807, 2.05) is 38.1 Å². The summed E-state index contributed by atoms with van der Waals surface area (Å²) in [7, 11) is 0. The van der Waals surface area contributed by atoms with Crippen molar-refractivity contribution in [1.29, 1.82) is 0 Å². The highest BCUT2D eigenvalue weighted by atomic mass is 32.1. The van der Waals surface area contributed by atoms with Crippen LogP contribution in [-0.4, -0.2) is 18.5 Å². The summed E-state index contributed by atoms with van der Waals surface area (Å²) in [5.74, 6) is -0.683. The zero-order valence-electron chi connectivity index (χ0n) is 14.1. The molecule has 0 aliphatic carbocycles. The molecule has 0 aliphatic heterocycles. The van der Waals surface area contributed by atoms with E-state index in [4.69, 9.17) is 4.74 Å². The predicted molar refractivity (Wildman–Crippen MR) is 98.5 cm³/mol. The van der Waals surface area contributed by atoms with Crippen molar-refractivity contribution in [3.05, 3.63) is 58.0 Å². The van der Waals surface area contributed by atoms with Crippen molar-refractivity contribution >= 4 is 34.3 Å². The third kappa shape index (κ3) is 4.80. The highest BCUT2D eigenvalue weighted by Crippen LogP contribution is 2.29. The number of carbonyl (C=O) groups excluding carboxylic acids is 2. The number of nitrogens with one attached hydrogen (secondary N) is 1. The minimum Gasteiger partial charge on any atom is -0.462 e. The lowest BCUT2D eigenvalue weighted by atomic mass is 10.1. The number of rotatable bonds is 6. The van der Waals surface area contributed by atoms with E-state index in [1.54, 1.807) is 19.1 Å². The first-order chi connectivity index (χ1) is 11.5. The number of esters is 1. The van der Waals surface area contributed by atoms with Gasteiger partial charge in [0.2, 0.25) is 5.91 Å². The summed E-state index contributed by atoms with van der Waals surface area (Å²) in [6.07, 6.45) is 4.00. The van der Waals surface area contributed by atoms with E-state index in [0.717, 1.165) is 16.9 Å². The maximum absolute atomic E-state index is 12.1. The van der Waals surface area contributed by atoms with E-state index in [0.29, 0.717) is 17.2 Å². The van der Waals surface area contributed by atoms with E-state index in [9.17, 15) is 9.59 Å². The number of anilines is 1. The number of aryl methyl sites for hydroxylation is 2. The van der Waals surface area contributed by atoms with Crippen LogP contribution < -0.4 is 5.32 Å². The van der Waals surface area contributed by atoms with Crippen LogP contribution >= 0.6 is 11.3 Å². The van der Waals surface area contributed by atoms with E-state index in [2.05, 4.69) is 5.32 Å². The average molecular weight is 343 g/mol. The van der Waals surface area contributed by atoms with Gasteiger partial charge in [0.1, 0.15) is 5.00 Å². The van der Waals surface area contributed by atoms with Gasteiger partial charge in [-0.2, -0.15) is 0 Å². The van der Waals surface area contributed by atoms with E-state index < -0.39 is 5.97 Å². The summed E-state index contributed by atoms with van der Waals surface area (Å²) in [5, 5.41) is 3.31. The Morgan fingerprint density at radius 1 is 1.21 bits per heavy atom. The SMILES string of the molecule is CCOC(=O)c1cc(CC)sc1NC(=O)C=Cc1ccc(C)cc1. The second kappa shape index (κ2) is 8.45. The maximum atomic E-state index is 12.1. The van der Waals surface area contributed by atoms with Crippen molar-refractivity contribution in [2.24, 2.45) is 0 Å². The summed E-state index contributed by atoms with van der Waals surface area (Å²) in [5.41, 5.74) is 2.53. The molecule has 2 rings (SSSR count). The van der Waals surface area contributed by atoms with E-state index in [-0.39, 0.29) is 5.91 Å². The molecule has 0 saturated heterocycles. The Morgan fingerprint density at radius 2 is 1.92 bits per heavy atom. The molecular formula is C19H21NO3S. The van der Waals surface area contributed by atoms with Crippen LogP contribution in [0.1, 0.15) is 40.2 Å². The minimum atomic E-state index is -0.411. The Kier molecular flexibility index (Phi) is 6.32. The van der Waals surface area contributed by atoms with Crippen molar-refractivity contribution in [3.63, 3.8) is 0 Å². The van der Waals surface area contributed by atoms with Gasteiger partial charge in [-0.1, -0.05) is 36.8 Å². The lowest BCUT2D eigenvalue weighted by Crippen LogP contribution is -2.11. The van der Waals surface area contributed by atoms with Crippen LogP contribution in [0.15, 0.2) is 36.4 Å². The summed E-state index contributed by atoms with van der Waals surface area (Å²) < 4.78 is 5.05. The van der Waals surface area contributed by atoms with Gasteiger partial charge >= 0.3 is 5.97 Å². The van der Waals surface area contributed by atoms with E-state index in [1.165, 1.54) is 23.0 Å². The van der Waals surface area contributed by atoms with Crippen LogP contribution in [0, 0.1) is 6.92 Å². The van der Waals surface area contributed by atoms with Crippen LogP contribution in [0.25, 0.3) is 6.08 Å². The van der Waals surface area contributed by atoms with Gasteiger partial charge in [-0.25, -0.2) is 4.79 Å². The lowest BCUT2D eigenvalue weighted by Gasteiger charge is -2.04. The Hall–Kier alpha value is -2.40. The lowest BCUT2D eigenvalue weighted by molar-refractivity contribution is -0.111. The Morgan fingerprint density at radius 3 is 2.54 bits per heavy atom. The molecule has 0 atom stereocenters. The molecule has 5 heteroatoms. The summed E-state index contributed by atoms with van der Waals surface area (Å²) in [6.45, 7) is 6.08. The normalized spacial score (nSPS) is 10.8. The molecule has 0 aliphatic rings. The van der Waals surface area contributed by atoms with Crippen LogP contribution in [0.2, 0.25) is 0 Å². The highest BCUT2D eigenvalue weighted by molar-refractivity contribution is 7.16. The molecule has 0 spiro atoms. The Bertz CT molecular complexity index is 744. The molecular weight excluding hydrogens is 322 g/mol. The first-order valence-electron chi connectivity index (χ1n) is 7.89. The predicted octanol–water partition coefficient (Wildman–Crippen LogP) is 4.45. The fraction of sp³-hybridized carbons (Fsp3) is 0.263. The quantitative estimate of drug-likeness (QED) is 0.623. The molecule has 0 radical (unpaired) electrons. The third-order valence-electron chi connectivity index (χ3n) is 3.37. The standard InChI is InChI=1S/C19H21NO3S/c1-4-15-12-16(19(22)23-5-2)18(24-15)20-17(21)11-10-14-8-6-13(3)7-9-14/h6-12H,4-5H2,1-3H3,(H,20,21). The Balaban J connectivity index is 2.11. The molecule has 126 valence electrons. The number of thiophene rings is 1. The molecule has 1 amide bonds. The zero-order valence-corrected chi connectivity index (χ0v) is 14.9. The topological polar surface area (TPSA) is 55.4 Å². The van der Waals surface area contributed by atoms with Crippen molar-refractivity contribution in [2.75, 3.05) is 11.9 Å². The van der Waals surface area contributed by atoms with Crippen molar-refractivity contribution in [1.82, 2.24) is 0 Å². The molecule has 0 saturated carbocycles. The number of ether oxygens (including phenoxy) is 1. The Labute approximate surface area is 146 Å². The zero-order chi connectivity index (χ0) is 17.5. The van der Waals surface area contributed by atoms with Crippen LogP contribution in [0.3, 0.4) is 0 Å². The number of hydrogen-bond donors (Lipinski definition) is 1. The second-order valence-electron chi connectivity index (χ2n) is 5.26. The molecule has 24 heavy (non-hydrogen) atoms. The number of benzene rings is 1. The first kappa shape index (κ1) is 17.9. The molecule has 1 aromatic heterocycles. The van der Waals surface area contributed by atoms with Gasteiger partial charge in [-0.15, -0.1) is 11.3 Å². The third-order valence-corrected chi connectivity index (χ3v) is 4.56. The monoisotopic (exact) mass is 343 g/mol. The van der Waals surface area contributed by atoms with Crippen LogP contribution in [0.4, 0.5) is 5.00 Å². The van der Waals surface area contributed by atoms with Gasteiger partial charge in [-0.3, -0.25) is 4.79 Å². The minimum absolute atomic E-state index is 0.273. The fourth-order valence-electron chi connectivity index (χ4n) is 2.07. The van der Waals surface area contributed by atoms with Gasteiger partial charge < -0.3 is 10.1 Å². The molecule has 2 aromatic rings. The second-order valence-corrected chi connectivity index (χ2v) is 6.40. The van der Waals surface area contributed by atoms with Gasteiger partial charge in [0, 0.05) is 11.0 Å². The van der Waals surface area contributed by atoms with Gasteiger partial charge in [-0.05, 0) is 38.0 Å². The van der Waals surface area contributed by atoms with Gasteiger partial charge in [0.15, 0.2) is 0 Å². The highest BCUT2D eigenvalue weighted by Gasteiger charge is 2.17. The summed E-state index contributed by atoms with van der Waals surface area (Å²) in [6, 6.07) is 9.65. The number of carbonyl (C=O) groups is 2. The molecule has 1 N–H and O–H groups in total. The van der Waals surface area contributed by atoms with Crippen LogP contribution in [0.5, 0.6) is 0 Å². The van der Waals surface area contributed by atoms with Gasteiger partial charge in [0.05, 0.1) is 12.2 Å². The smallest absolute Gasteiger partial charge is 0.341 e. The summed E-state index contributed by atoms with van der Waals surface area (Å²) >= 11 is 1.40. The molecule has 0 bridgehead atoms. The van der Waals surface area contributed by atoms with Gasteiger partial charge in [0.25, 0.3) is 0 Å². The maximum Gasteiger partial charge on any atom is 0.341 e. The number of amides is 1. The molecule has 1 aromatic carbocycles. The molecule has 0 fully saturated rings. The van der Waals surface area contributed by atoms with Crippen LogP contribution in [-0.2, 0) is 16.0 Å². The van der Waals surface area contributed by atoms with Crippen molar-refractivity contribution < 1.29 is 14.3 Å².